The topological polar surface area (TPSA) is 133 Å². The van der Waals surface area contributed by atoms with Crippen LogP contribution in [0.25, 0.3) is 0 Å². The van der Waals surface area contributed by atoms with E-state index >= 15 is 0 Å². The molecule has 0 aliphatic heterocycles. The number of aromatic nitrogens is 2. The van der Waals surface area contributed by atoms with Crippen molar-refractivity contribution in [2.45, 2.75) is 11.8 Å². The third-order valence-corrected chi connectivity index (χ3v) is 4.86. The number of esters is 1. The molecule has 2 rings (SSSR count). The molecule has 24 heavy (non-hydrogen) atoms. The Hall–Kier alpha value is -2.88. The van der Waals surface area contributed by atoms with Gasteiger partial charge in [0.25, 0.3) is 15.9 Å². The van der Waals surface area contributed by atoms with Gasteiger partial charge in [0.1, 0.15) is 0 Å². The number of imidazole rings is 1. The minimum absolute atomic E-state index is 0.0830. The number of hydrogen-bond donors (Lipinski definition) is 2. The Kier molecular flexibility index (Phi) is 4.60. The van der Waals surface area contributed by atoms with E-state index in [2.05, 4.69) is 14.4 Å². The Labute approximate surface area is 138 Å². The van der Waals surface area contributed by atoms with Gasteiger partial charge in [0.05, 0.1) is 23.9 Å². The fourth-order valence-electron chi connectivity index (χ4n) is 2.21. The molecule has 0 fully saturated rings. The highest BCUT2D eigenvalue weighted by Gasteiger charge is 2.24. The van der Waals surface area contributed by atoms with Crippen LogP contribution >= 0.6 is 0 Å². The zero-order valence-corrected chi connectivity index (χ0v) is 14.0. The van der Waals surface area contributed by atoms with Gasteiger partial charge in [-0.2, -0.15) is 0 Å². The lowest BCUT2D eigenvalue weighted by Gasteiger charge is -2.12. The number of nitrogens with two attached hydrogens (primary N) is 1. The van der Waals surface area contributed by atoms with Crippen LogP contribution < -0.4 is 10.5 Å². The molecular weight excluding hydrogens is 336 g/mol. The van der Waals surface area contributed by atoms with Gasteiger partial charge in [0.15, 0.2) is 11.5 Å². The molecule has 0 atom stereocenters. The molecular formula is C14H16N4O5S. The lowest BCUT2D eigenvalue weighted by Crippen LogP contribution is -2.21. The number of aryl methyl sites for hydroxylation is 1. The van der Waals surface area contributed by atoms with E-state index in [0.717, 1.165) is 0 Å². The Morgan fingerprint density at radius 1 is 1.33 bits per heavy atom. The molecule has 0 radical (unpaired) electrons. The van der Waals surface area contributed by atoms with E-state index in [-0.39, 0.29) is 27.5 Å². The maximum Gasteiger partial charge on any atom is 0.338 e. The van der Waals surface area contributed by atoms with Gasteiger partial charge >= 0.3 is 5.97 Å². The van der Waals surface area contributed by atoms with E-state index in [1.807, 2.05) is 0 Å². The number of amides is 1. The molecule has 0 aliphatic carbocycles. The number of benzene rings is 1. The van der Waals surface area contributed by atoms with Gasteiger partial charge in [0.2, 0.25) is 0 Å². The summed E-state index contributed by atoms with van der Waals surface area (Å²) in [7, 11) is -1.38. The van der Waals surface area contributed by atoms with Crippen molar-refractivity contribution in [3.05, 3.63) is 41.3 Å². The second-order valence-corrected chi connectivity index (χ2v) is 6.59. The van der Waals surface area contributed by atoms with Gasteiger partial charge in [-0.05, 0) is 24.6 Å². The van der Waals surface area contributed by atoms with Gasteiger partial charge < -0.3 is 15.0 Å². The number of methoxy groups -OCH3 is 1. The third-order valence-electron chi connectivity index (χ3n) is 3.38. The predicted molar refractivity (Wildman–Crippen MR) is 85.1 cm³/mol. The molecule has 128 valence electrons. The van der Waals surface area contributed by atoms with Crippen molar-refractivity contribution in [3.8, 4) is 0 Å². The maximum atomic E-state index is 12.6. The van der Waals surface area contributed by atoms with Crippen LogP contribution in [0, 0.1) is 6.92 Å². The summed E-state index contributed by atoms with van der Waals surface area (Å²) in [4.78, 5) is 26.8. The molecule has 0 aliphatic rings. The molecule has 1 aromatic carbocycles. The zero-order chi connectivity index (χ0) is 18.1. The summed E-state index contributed by atoms with van der Waals surface area (Å²) in [5.41, 5.74) is 5.49. The summed E-state index contributed by atoms with van der Waals surface area (Å²) < 4.78 is 33.4. The quantitative estimate of drug-likeness (QED) is 0.749. The van der Waals surface area contributed by atoms with Crippen molar-refractivity contribution in [1.29, 1.82) is 0 Å². The summed E-state index contributed by atoms with van der Waals surface area (Å²) in [6, 6.07) is 4.20. The molecule has 0 spiro atoms. The van der Waals surface area contributed by atoms with Crippen molar-refractivity contribution >= 4 is 27.7 Å². The number of anilines is 1. The van der Waals surface area contributed by atoms with Crippen LogP contribution in [0.1, 0.15) is 26.4 Å². The van der Waals surface area contributed by atoms with Crippen LogP contribution in [0.15, 0.2) is 29.4 Å². The average molecular weight is 352 g/mol. The van der Waals surface area contributed by atoms with Crippen LogP contribution in [0.3, 0.4) is 0 Å². The molecule has 10 heteroatoms. The molecule has 0 bridgehead atoms. The van der Waals surface area contributed by atoms with Gasteiger partial charge in [0, 0.05) is 7.05 Å². The normalized spacial score (nSPS) is 11.1. The van der Waals surface area contributed by atoms with Crippen molar-refractivity contribution in [3.63, 3.8) is 0 Å². The number of nitrogens with zero attached hydrogens (tertiary/aromatic N) is 2. The molecule has 0 saturated carbocycles. The Morgan fingerprint density at radius 3 is 2.58 bits per heavy atom. The Bertz CT molecular complexity index is 917. The standard InChI is InChI=1S/C14H16N4O5S/c1-8-9(14(20)23-3)5-4-6-10(8)24(21,22)17-13-11(12(15)19)18(2)7-16-13/h4-7,17H,1-3H3,(H2,15,19). The number of hydrogen-bond acceptors (Lipinski definition) is 6. The highest BCUT2D eigenvalue weighted by Crippen LogP contribution is 2.23. The first-order valence-corrected chi connectivity index (χ1v) is 8.19. The summed E-state index contributed by atoms with van der Waals surface area (Å²) in [5, 5.41) is 0. The number of sulfonamides is 1. The summed E-state index contributed by atoms with van der Waals surface area (Å²) in [6.45, 7) is 1.48. The number of carbonyl (C=O) groups excluding carboxylic acids is 2. The molecule has 1 aromatic heterocycles. The van der Waals surface area contributed by atoms with E-state index in [1.165, 1.54) is 50.2 Å². The number of nitrogens with one attached hydrogen (secondary N) is 1. The van der Waals surface area contributed by atoms with Crippen molar-refractivity contribution in [2.75, 3.05) is 11.8 Å². The number of ether oxygens (including phenoxy) is 1. The first-order valence-electron chi connectivity index (χ1n) is 6.71. The molecule has 9 nitrogen and oxygen atoms in total. The monoisotopic (exact) mass is 352 g/mol. The predicted octanol–water partition coefficient (Wildman–Crippen LogP) is 0.415. The maximum absolute atomic E-state index is 12.6. The third kappa shape index (κ3) is 3.08. The van der Waals surface area contributed by atoms with Crippen LogP contribution in [0.2, 0.25) is 0 Å². The highest BCUT2D eigenvalue weighted by molar-refractivity contribution is 7.92. The number of rotatable bonds is 5. The van der Waals surface area contributed by atoms with Crippen molar-refractivity contribution in [1.82, 2.24) is 9.55 Å². The smallest absolute Gasteiger partial charge is 0.338 e. The lowest BCUT2D eigenvalue weighted by molar-refractivity contribution is 0.0599. The minimum atomic E-state index is -4.09. The summed E-state index contributed by atoms with van der Waals surface area (Å²) in [5.74, 6) is -1.67. The van der Waals surface area contributed by atoms with Crippen molar-refractivity contribution in [2.24, 2.45) is 12.8 Å². The largest absolute Gasteiger partial charge is 0.465 e. The second kappa shape index (κ2) is 6.32. The Morgan fingerprint density at radius 2 is 2.00 bits per heavy atom. The molecule has 0 unspecified atom stereocenters. The van der Waals surface area contributed by atoms with E-state index in [9.17, 15) is 18.0 Å². The molecule has 3 N–H and O–H groups in total. The van der Waals surface area contributed by atoms with E-state index in [4.69, 9.17) is 5.73 Å². The number of primary amides is 1. The van der Waals surface area contributed by atoms with Gasteiger partial charge in [-0.1, -0.05) is 6.07 Å². The first-order chi connectivity index (χ1) is 11.2. The van der Waals surface area contributed by atoms with Gasteiger partial charge in [-0.15, -0.1) is 0 Å². The first kappa shape index (κ1) is 17.5. The van der Waals surface area contributed by atoms with E-state index in [1.54, 1.807) is 0 Å². The van der Waals surface area contributed by atoms with Crippen LogP contribution in [0.4, 0.5) is 5.82 Å². The average Bonchev–Trinajstić information content (AvgIpc) is 2.86. The fourth-order valence-corrected chi connectivity index (χ4v) is 3.50. The van der Waals surface area contributed by atoms with Crippen LogP contribution in [-0.4, -0.2) is 37.0 Å². The van der Waals surface area contributed by atoms with Crippen LogP contribution in [-0.2, 0) is 21.8 Å². The molecule has 2 aromatic rings. The zero-order valence-electron chi connectivity index (χ0n) is 13.2. The minimum Gasteiger partial charge on any atom is -0.465 e. The van der Waals surface area contributed by atoms with Gasteiger partial charge in [-0.3, -0.25) is 9.52 Å². The molecule has 1 amide bonds. The number of carbonyl (C=O) groups is 2. The second-order valence-electron chi connectivity index (χ2n) is 4.94. The molecule has 0 saturated heterocycles. The van der Waals surface area contributed by atoms with Gasteiger partial charge in [-0.25, -0.2) is 18.2 Å². The van der Waals surface area contributed by atoms with Crippen LogP contribution in [0.5, 0.6) is 0 Å². The SMILES string of the molecule is COC(=O)c1cccc(S(=O)(=O)Nc2ncn(C)c2C(N)=O)c1C. The summed E-state index contributed by atoms with van der Waals surface area (Å²) >= 11 is 0. The fraction of sp³-hybridized carbons (Fsp3) is 0.214. The van der Waals surface area contributed by atoms with Crippen molar-refractivity contribution < 1.29 is 22.7 Å². The van der Waals surface area contributed by atoms with E-state index in [0.29, 0.717) is 0 Å². The molecule has 1 heterocycles. The lowest BCUT2D eigenvalue weighted by atomic mass is 10.1. The van der Waals surface area contributed by atoms with E-state index < -0.39 is 21.9 Å². The highest BCUT2D eigenvalue weighted by atomic mass is 32.2. The Balaban J connectivity index is 2.50. The summed E-state index contributed by atoms with van der Waals surface area (Å²) in [6.07, 6.45) is 1.26.